The van der Waals surface area contributed by atoms with Crippen molar-refractivity contribution >= 4 is 5.69 Å². The zero-order valence-electron chi connectivity index (χ0n) is 12.2. The Balaban J connectivity index is 1.54. The van der Waals surface area contributed by atoms with Crippen molar-refractivity contribution in [3.63, 3.8) is 0 Å². The number of pyridine rings is 1. The highest BCUT2D eigenvalue weighted by Gasteiger charge is 2.36. The van der Waals surface area contributed by atoms with Crippen LogP contribution in [-0.2, 0) is 6.54 Å². The number of aromatic nitrogens is 1. The van der Waals surface area contributed by atoms with Gasteiger partial charge in [0.05, 0.1) is 0 Å². The van der Waals surface area contributed by atoms with Gasteiger partial charge in [0.1, 0.15) is 0 Å². The lowest BCUT2D eigenvalue weighted by Crippen LogP contribution is -2.35. The van der Waals surface area contributed by atoms with Crippen molar-refractivity contribution < 1.29 is 0 Å². The molecule has 1 aromatic rings. The summed E-state index contributed by atoms with van der Waals surface area (Å²) in [5.74, 6) is 0.946. The van der Waals surface area contributed by atoms with Crippen molar-refractivity contribution in [2.75, 3.05) is 11.4 Å². The van der Waals surface area contributed by atoms with E-state index in [4.69, 9.17) is 0 Å². The van der Waals surface area contributed by atoms with Crippen molar-refractivity contribution in [3.05, 3.63) is 24.0 Å². The second-order valence-electron chi connectivity index (χ2n) is 6.75. The van der Waals surface area contributed by atoms with Gasteiger partial charge in [-0.1, -0.05) is 12.8 Å². The normalized spacial score (nSPS) is 29.5. The molecule has 1 aliphatic heterocycles. The van der Waals surface area contributed by atoms with Crippen LogP contribution in [0.5, 0.6) is 0 Å². The first-order valence-electron chi connectivity index (χ1n) is 8.35. The predicted molar refractivity (Wildman–Crippen MR) is 81.8 cm³/mol. The molecular formula is C17H25N3. The molecule has 20 heavy (non-hydrogen) atoms. The third kappa shape index (κ3) is 2.44. The Hall–Kier alpha value is -1.09. The summed E-state index contributed by atoms with van der Waals surface area (Å²) >= 11 is 0. The van der Waals surface area contributed by atoms with Crippen LogP contribution in [0.1, 0.15) is 50.5 Å². The van der Waals surface area contributed by atoms with Crippen LogP contribution in [0.25, 0.3) is 0 Å². The molecular weight excluding hydrogens is 246 g/mol. The number of hydrogen-bond donors (Lipinski definition) is 1. The molecule has 0 aromatic carbocycles. The van der Waals surface area contributed by atoms with Crippen molar-refractivity contribution in [2.24, 2.45) is 5.92 Å². The monoisotopic (exact) mass is 271 g/mol. The minimum absolute atomic E-state index is 0.768. The minimum Gasteiger partial charge on any atom is -0.368 e. The average Bonchev–Trinajstić information content (AvgIpc) is 3.23. The molecule has 2 atom stereocenters. The van der Waals surface area contributed by atoms with Crippen LogP contribution in [-0.4, -0.2) is 23.6 Å². The summed E-state index contributed by atoms with van der Waals surface area (Å²) in [6, 6.07) is 3.80. The van der Waals surface area contributed by atoms with Crippen molar-refractivity contribution in [2.45, 2.75) is 63.6 Å². The summed E-state index contributed by atoms with van der Waals surface area (Å²) in [6.45, 7) is 2.23. The summed E-state index contributed by atoms with van der Waals surface area (Å²) in [5, 5.41) is 3.64. The molecule has 2 aliphatic carbocycles. The molecule has 108 valence electrons. The first-order chi connectivity index (χ1) is 9.92. The van der Waals surface area contributed by atoms with Crippen LogP contribution >= 0.6 is 0 Å². The van der Waals surface area contributed by atoms with Gasteiger partial charge in [-0.25, -0.2) is 0 Å². The number of hydrogen-bond acceptors (Lipinski definition) is 3. The summed E-state index contributed by atoms with van der Waals surface area (Å²) in [6.07, 6.45) is 13.8. The fourth-order valence-electron chi connectivity index (χ4n) is 4.08. The molecule has 1 saturated heterocycles. The Kier molecular flexibility index (Phi) is 3.39. The van der Waals surface area contributed by atoms with Gasteiger partial charge in [-0.2, -0.15) is 0 Å². The van der Waals surface area contributed by atoms with E-state index >= 15 is 0 Å². The van der Waals surface area contributed by atoms with Gasteiger partial charge in [-0.15, -0.1) is 0 Å². The molecule has 0 spiro atoms. The average molecular weight is 271 g/mol. The number of nitrogens with zero attached hydrogens (tertiary/aromatic N) is 2. The second kappa shape index (κ2) is 5.36. The molecule has 0 radical (unpaired) electrons. The van der Waals surface area contributed by atoms with Gasteiger partial charge >= 0.3 is 0 Å². The lowest BCUT2D eigenvalue weighted by Gasteiger charge is -2.34. The second-order valence-corrected chi connectivity index (χ2v) is 6.75. The summed E-state index contributed by atoms with van der Waals surface area (Å²) in [4.78, 5) is 7.04. The van der Waals surface area contributed by atoms with E-state index in [9.17, 15) is 0 Å². The molecule has 3 aliphatic rings. The third-order valence-corrected chi connectivity index (χ3v) is 5.36. The Morgan fingerprint density at radius 2 is 2.05 bits per heavy atom. The van der Waals surface area contributed by atoms with Crippen LogP contribution in [0.15, 0.2) is 18.5 Å². The van der Waals surface area contributed by atoms with Crippen LogP contribution in [0.3, 0.4) is 0 Å². The summed E-state index contributed by atoms with van der Waals surface area (Å²) in [7, 11) is 0. The number of rotatable bonds is 4. The molecule has 3 heteroatoms. The van der Waals surface area contributed by atoms with Gasteiger partial charge in [0, 0.05) is 48.8 Å². The molecule has 3 fully saturated rings. The van der Waals surface area contributed by atoms with Crippen molar-refractivity contribution in [1.29, 1.82) is 0 Å². The Bertz CT molecular complexity index is 469. The van der Waals surface area contributed by atoms with E-state index < -0.39 is 0 Å². The molecule has 2 saturated carbocycles. The standard InChI is InChI=1S/C17H25N3/c1-2-4-16-13(3-1)8-10-20(16)17-7-9-18-11-14(17)12-19-15-5-6-15/h7,9,11,13,15-16,19H,1-6,8,10,12H2. The quantitative estimate of drug-likeness (QED) is 0.912. The maximum Gasteiger partial charge on any atom is 0.0445 e. The Morgan fingerprint density at radius 1 is 1.15 bits per heavy atom. The molecule has 1 N–H and O–H groups in total. The fourth-order valence-corrected chi connectivity index (χ4v) is 4.08. The lowest BCUT2D eigenvalue weighted by atomic mass is 9.85. The van der Waals surface area contributed by atoms with Gasteiger partial charge in [0.2, 0.25) is 0 Å². The molecule has 1 aromatic heterocycles. The third-order valence-electron chi connectivity index (χ3n) is 5.36. The first kappa shape index (κ1) is 12.6. The van der Waals surface area contributed by atoms with Crippen LogP contribution in [0, 0.1) is 5.92 Å². The van der Waals surface area contributed by atoms with Crippen LogP contribution in [0.4, 0.5) is 5.69 Å². The fraction of sp³-hybridized carbons (Fsp3) is 0.706. The smallest absolute Gasteiger partial charge is 0.0445 e. The van der Waals surface area contributed by atoms with Crippen molar-refractivity contribution in [1.82, 2.24) is 10.3 Å². The topological polar surface area (TPSA) is 28.2 Å². The molecule has 0 bridgehead atoms. The van der Waals surface area contributed by atoms with E-state index in [0.29, 0.717) is 0 Å². The SMILES string of the molecule is c1cc(N2CCC3CCCCC32)c(CNC2CC2)cn1. The highest BCUT2D eigenvalue weighted by molar-refractivity contribution is 5.54. The van der Waals surface area contributed by atoms with E-state index in [1.165, 1.54) is 62.7 Å². The van der Waals surface area contributed by atoms with Gasteiger partial charge < -0.3 is 10.2 Å². The van der Waals surface area contributed by atoms with Crippen LogP contribution < -0.4 is 10.2 Å². The first-order valence-corrected chi connectivity index (χ1v) is 8.35. The van der Waals surface area contributed by atoms with Gasteiger partial charge in [-0.05, 0) is 44.1 Å². The van der Waals surface area contributed by atoms with E-state index in [2.05, 4.69) is 27.5 Å². The number of fused-ring (bicyclic) bond motifs is 1. The van der Waals surface area contributed by atoms with Crippen LogP contribution in [0.2, 0.25) is 0 Å². The van der Waals surface area contributed by atoms with E-state index in [-0.39, 0.29) is 0 Å². The zero-order valence-corrected chi connectivity index (χ0v) is 12.2. The lowest BCUT2D eigenvalue weighted by molar-refractivity contribution is 0.342. The summed E-state index contributed by atoms with van der Waals surface area (Å²) < 4.78 is 0. The van der Waals surface area contributed by atoms with E-state index in [1.54, 1.807) is 0 Å². The molecule has 2 unspecified atom stereocenters. The van der Waals surface area contributed by atoms with Gasteiger partial charge in [0.15, 0.2) is 0 Å². The zero-order chi connectivity index (χ0) is 13.4. The minimum atomic E-state index is 0.768. The number of anilines is 1. The Labute approximate surface area is 121 Å². The van der Waals surface area contributed by atoms with Gasteiger partial charge in [-0.3, -0.25) is 4.98 Å². The molecule has 2 heterocycles. The predicted octanol–water partition coefficient (Wildman–Crippen LogP) is 3.10. The largest absolute Gasteiger partial charge is 0.368 e. The Morgan fingerprint density at radius 3 is 2.95 bits per heavy atom. The molecule has 3 nitrogen and oxygen atoms in total. The summed E-state index contributed by atoms with van der Waals surface area (Å²) in [5.41, 5.74) is 2.84. The van der Waals surface area contributed by atoms with Crippen molar-refractivity contribution in [3.8, 4) is 0 Å². The highest BCUT2D eigenvalue weighted by atomic mass is 15.2. The number of nitrogens with one attached hydrogen (secondary N) is 1. The molecule has 4 rings (SSSR count). The van der Waals surface area contributed by atoms with E-state index in [1.807, 2.05) is 6.20 Å². The highest BCUT2D eigenvalue weighted by Crippen LogP contribution is 2.39. The van der Waals surface area contributed by atoms with Gasteiger partial charge in [0.25, 0.3) is 0 Å². The maximum absolute atomic E-state index is 4.35. The molecule has 0 amide bonds. The maximum atomic E-state index is 4.35. The van der Waals surface area contributed by atoms with E-state index in [0.717, 1.165) is 24.5 Å².